The Bertz CT molecular complexity index is 1370. The minimum atomic E-state index is -0.889. The summed E-state index contributed by atoms with van der Waals surface area (Å²) in [7, 11) is 0. The van der Waals surface area contributed by atoms with Gasteiger partial charge in [0, 0.05) is 24.0 Å². The number of carbonyl (C=O) groups excluding carboxylic acids is 2. The van der Waals surface area contributed by atoms with Crippen LogP contribution < -0.4 is 4.74 Å². The first-order chi connectivity index (χ1) is 21.0. The van der Waals surface area contributed by atoms with E-state index in [-0.39, 0.29) is 19.2 Å². The molecule has 1 amide bonds. The van der Waals surface area contributed by atoms with Crippen molar-refractivity contribution in [1.29, 1.82) is 0 Å². The zero-order valence-corrected chi connectivity index (χ0v) is 26.7. The van der Waals surface area contributed by atoms with Gasteiger partial charge in [-0.05, 0) is 44.5 Å². The third-order valence-electron chi connectivity index (χ3n) is 6.56. The Morgan fingerprint density at radius 3 is 2.41 bits per heavy atom. The van der Waals surface area contributed by atoms with E-state index in [1.807, 2.05) is 13.0 Å². The molecule has 11 nitrogen and oxygen atoms in total. The highest BCUT2D eigenvalue weighted by Gasteiger charge is 2.54. The van der Waals surface area contributed by atoms with Gasteiger partial charge in [0.25, 0.3) is 0 Å². The Hall–Kier alpha value is -2.90. The fourth-order valence-electron chi connectivity index (χ4n) is 4.54. The molecule has 14 heteroatoms. The number of hydrogen-bond donors (Lipinski definition) is 1. The van der Waals surface area contributed by atoms with E-state index in [0.717, 1.165) is 6.42 Å². The zero-order valence-electron chi connectivity index (χ0n) is 24.4. The molecule has 0 radical (unpaired) electrons. The van der Waals surface area contributed by atoms with E-state index < -0.39 is 36.4 Å². The maximum atomic E-state index is 12.3. The van der Waals surface area contributed by atoms with Gasteiger partial charge in [0.1, 0.15) is 37.9 Å². The minimum Gasteiger partial charge on any atom is -0.489 e. The molecule has 4 atom stereocenters. The standard InChI is InChI=1S/C15H16Cl3N3O2.C15H18O6/c1-2-4-20(15(22)21-5-3-19-10-21)6-7-23-14-12(17)8-11(16)9-13(14)18;1-15(2)20-12-11(16)10(19-14(12)21-15)8-18-13(17)9-6-4-3-5-7-9/h3,5,8-10H,2,4,6-7H2,1H3;3-7,10-12,14,16H,8H2,1-2H3/t;10-,11+,12-,14-/m.1/s1. The summed E-state index contributed by atoms with van der Waals surface area (Å²) in [6, 6.07) is 11.6. The first kappa shape index (κ1) is 34.0. The van der Waals surface area contributed by atoms with E-state index in [0.29, 0.717) is 39.5 Å². The van der Waals surface area contributed by atoms with Crippen LogP contribution in [0.1, 0.15) is 37.6 Å². The molecule has 0 unspecified atom stereocenters. The van der Waals surface area contributed by atoms with Crippen LogP contribution in [0.4, 0.5) is 4.79 Å². The van der Waals surface area contributed by atoms with Gasteiger partial charge in [0.15, 0.2) is 17.8 Å². The number of aliphatic hydroxyl groups excluding tert-OH is 1. The molecule has 2 aliphatic heterocycles. The van der Waals surface area contributed by atoms with Crippen molar-refractivity contribution in [1.82, 2.24) is 14.5 Å². The number of aliphatic hydroxyl groups is 1. The van der Waals surface area contributed by atoms with Gasteiger partial charge in [-0.2, -0.15) is 0 Å². The number of hydrogen-bond acceptors (Lipinski definition) is 9. The number of amides is 1. The molecule has 2 aliphatic rings. The summed E-state index contributed by atoms with van der Waals surface area (Å²) in [5.74, 6) is -0.864. The van der Waals surface area contributed by atoms with Gasteiger partial charge < -0.3 is 33.7 Å². The zero-order chi connectivity index (χ0) is 31.9. The van der Waals surface area contributed by atoms with Crippen molar-refractivity contribution in [2.24, 2.45) is 0 Å². The summed E-state index contributed by atoms with van der Waals surface area (Å²) in [6.45, 7) is 6.75. The third-order valence-corrected chi connectivity index (χ3v) is 7.34. The summed E-state index contributed by atoms with van der Waals surface area (Å²) < 4.78 is 28.9. The number of fused-ring (bicyclic) bond motifs is 1. The highest BCUT2D eigenvalue weighted by Crippen LogP contribution is 2.38. The van der Waals surface area contributed by atoms with E-state index in [1.165, 1.54) is 10.9 Å². The maximum absolute atomic E-state index is 12.3. The van der Waals surface area contributed by atoms with E-state index >= 15 is 0 Å². The van der Waals surface area contributed by atoms with Crippen molar-refractivity contribution in [2.45, 2.75) is 57.6 Å². The first-order valence-corrected chi connectivity index (χ1v) is 15.1. The molecule has 2 saturated heterocycles. The SMILES string of the molecule is CC1(C)O[C@H]2O[C@H](COC(=O)c3ccccc3)[C@H](O)[C@H]2O1.CCCN(CCOc1c(Cl)cc(Cl)cc1Cl)C(=O)n1ccnc1. The molecule has 3 aromatic rings. The number of ether oxygens (including phenoxy) is 5. The lowest BCUT2D eigenvalue weighted by Crippen LogP contribution is -2.37. The summed E-state index contributed by atoms with van der Waals surface area (Å²) in [5, 5.41) is 11.3. The number of benzene rings is 2. The molecule has 1 N–H and O–H groups in total. The lowest BCUT2D eigenvalue weighted by Gasteiger charge is -2.22. The monoisotopic (exact) mass is 669 g/mol. The highest BCUT2D eigenvalue weighted by atomic mass is 35.5. The summed E-state index contributed by atoms with van der Waals surface area (Å²) in [5.41, 5.74) is 0.457. The van der Waals surface area contributed by atoms with Crippen LogP contribution in [0.2, 0.25) is 15.1 Å². The lowest BCUT2D eigenvalue weighted by molar-refractivity contribution is -0.218. The fraction of sp³-hybridized carbons (Fsp3) is 0.433. The predicted molar refractivity (Wildman–Crippen MR) is 163 cm³/mol. The Labute approximate surface area is 270 Å². The normalized spacial score (nSPS) is 21.6. The smallest absolute Gasteiger partial charge is 0.338 e. The molecule has 0 saturated carbocycles. The first-order valence-electron chi connectivity index (χ1n) is 13.9. The van der Waals surface area contributed by atoms with Gasteiger partial charge in [-0.3, -0.25) is 4.57 Å². The van der Waals surface area contributed by atoms with Gasteiger partial charge in [0.2, 0.25) is 0 Å². The van der Waals surface area contributed by atoms with Gasteiger partial charge in [-0.15, -0.1) is 0 Å². The highest BCUT2D eigenvalue weighted by molar-refractivity contribution is 6.40. The topological polar surface area (TPSA) is 122 Å². The van der Waals surface area contributed by atoms with Crippen LogP contribution in [-0.2, 0) is 18.9 Å². The summed E-state index contributed by atoms with van der Waals surface area (Å²) in [6.07, 6.45) is 2.76. The molecule has 44 heavy (non-hydrogen) atoms. The van der Waals surface area contributed by atoms with Crippen LogP contribution in [0.3, 0.4) is 0 Å². The second-order valence-electron chi connectivity index (χ2n) is 10.4. The van der Waals surface area contributed by atoms with Gasteiger partial charge in [0.05, 0.1) is 22.2 Å². The maximum Gasteiger partial charge on any atom is 0.338 e. The number of halogens is 3. The van der Waals surface area contributed by atoms with Crippen LogP contribution in [0.5, 0.6) is 5.75 Å². The van der Waals surface area contributed by atoms with Crippen molar-refractivity contribution in [3.8, 4) is 5.75 Å². The number of carbonyl (C=O) groups is 2. The Kier molecular flexibility index (Phi) is 11.9. The Balaban J connectivity index is 0.000000201. The third kappa shape index (κ3) is 8.85. The van der Waals surface area contributed by atoms with Crippen molar-refractivity contribution < 1.29 is 38.4 Å². The molecule has 0 aliphatic carbocycles. The van der Waals surface area contributed by atoms with E-state index in [9.17, 15) is 14.7 Å². The van der Waals surface area contributed by atoms with Crippen LogP contribution in [0.15, 0.2) is 61.2 Å². The van der Waals surface area contributed by atoms with Crippen LogP contribution in [0, 0.1) is 0 Å². The van der Waals surface area contributed by atoms with Crippen LogP contribution in [0.25, 0.3) is 0 Å². The fourth-order valence-corrected chi connectivity index (χ4v) is 5.47. The molecular weight excluding hydrogens is 637 g/mol. The van der Waals surface area contributed by atoms with Crippen LogP contribution in [-0.4, -0.2) is 88.3 Å². The molecule has 3 heterocycles. The Morgan fingerprint density at radius 1 is 1.09 bits per heavy atom. The molecule has 0 spiro atoms. The van der Waals surface area contributed by atoms with Gasteiger partial charge in [-0.1, -0.05) is 59.9 Å². The number of nitrogens with zero attached hydrogens (tertiary/aromatic N) is 3. The van der Waals surface area contributed by atoms with Crippen molar-refractivity contribution in [3.05, 3.63) is 81.8 Å². The average Bonchev–Trinajstić information content (AvgIpc) is 3.69. The molecule has 2 fully saturated rings. The van der Waals surface area contributed by atoms with Gasteiger partial charge >= 0.3 is 12.0 Å². The van der Waals surface area contributed by atoms with Gasteiger partial charge in [-0.25, -0.2) is 14.6 Å². The van der Waals surface area contributed by atoms with E-state index in [4.69, 9.17) is 58.5 Å². The molecule has 238 valence electrons. The molecular formula is C30H34Cl3N3O8. The van der Waals surface area contributed by atoms with Crippen molar-refractivity contribution in [2.75, 3.05) is 26.3 Å². The second-order valence-corrected chi connectivity index (χ2v) is 11.6. The predicted octanol–water partition coefficient (Wildman–Crippen LogP) is 5.68. The second kappa shape index (κ2) is 15.4. The number of aromatic nitrogens is 2. The van der Waals surface area contributed by atoms with E-state index in [2.05, 4.69) is 4.98 Å². The number of esters is 1. The van der Waals surface area contributed by atoms with Crippen LogP contribution >= 0.6 is 34.8 Å². The average molecular weight is 671 g/mol. The molecule has 5 rings (SSSR count). The van der Waals surface area contributed by atoms with Crippen molar-refractivity contribution >= 4 is 46.8 Å². The molecule has 2 aromatic carbocycles. The number of rotatable bonds is 9. The van der Waals surface area contributed by atoms with E-state index in [1.54, 1.807) is 67.5 Å². The summed E-state index contributed by atoms with van der Waals surface area (Å²) in [4.78, 5) is 29.7. The summed E-state index contributed by atoms with van der Waals surface area (Å²) >= 11 is 18.0. The lowest BCUT2D eigenvalue weighted by atomic mass is 10.1. The Morgan fingerprint density at radius 2 is 1.80 bits per heavy atom. The largest absolute Gasteiger partial charge is 0.489 e. The number of imidazole rings is 1. The minimum absolute atomic E-state index is 0.0466. The van der Waals surface area contributed by atoms with Crippen molar-refractivity contribution in [3.63, 3.8) is 0 Å². The molecule has 0 bridgehead atoms. The molecule has 1 aromatic heterocycles. The quantitative estimate of drug-likeness (QED) is 0.287.